The van der Waals surface area contributed by atoms with Gasteiger partial charge in [0.1, 0.15) is 11.8 Å². The van der Waals surface area contributed by atoms with Crippen molar-refractivity contribution in [2.45, 2.75) is 39.2 Å². The van der Waals surface area contributed by atoms with E-state index in [1.54, 1.807) is 31.2 Å². The molecule has 2 aromatic carbocycles. The van der Waals surface area contributed by atoms with Crippen molar-refractivity contribution in [3.63, 3.8) is 0 Å². The summed E-state index contributed by atoms with van der Waals surface area (Å²) in [6.07, 6.45) is -0.122. The zero-order chi connectivity index (χ0) is 22.5. The third-order valence-corrected chi connectivity index (χ3v) is 5.03. The molecule has 0 spiro atoms. The van der Waals surface area contributed by atoms with E-state index in [4.69, 9.17) is 4.74 Å². The molecule has 1 N–H and O–H groups in total. The summed E-state index contributed by atoms with van der Waals surface area (Å²) in [6.45, 7) is 3.46. The summed E-state index contributed by atoms with van der Waals surface area (Å²) in [5.74, 6) is -1.58. The Bertz CT molecular complexity index is 1010. The number of nitrogens with zero attached hydrogens (tertiary/aromatic N) is 2. The van der Waals surface area contributed by atoms with Crippen molar-refractivity contribution in [1.29, 1.82) is 0 Å². The third kappa shape index (κ3) is 4.74. The summed E-state index contributed by atoms with van der Waals surface area (Å²) in [6, 6.07) is 13.1. The summed E-state index contributed by atoms with van der Waals surface area (Å²) in [4.78, 5) is 52.1. The van der Waals surface area contributed by atoms with Gasteiger partial charge < -0.3 is 4.74 Å². The largest absolute Gasteiger partial charge is 0.495 e. The molecule has 0 saturated carbocycles. The van der Waals surface area contributed by atoms with Crippen LogP contribution < -0.4 is 15.1 Å². The fourth-order valence-corrected chi connectivity index (χ4v) is 3.49. The second-order valence-corrected chi connectivity index (χ2v) is 7.28. The van der Waals surface area contributed by atoms with Gasteiger partial charge in [0, 0.05) is 6.42 Å². The molecular formula is C23H25N3O5. The molecule has 1 heterocycles. The number of benzene rings is 2. The zero-order valence-corrected chi connectivity index (χ0v) is 17.8. The van der Waals surface area contributed by atoms with Gasteiger partial charge in [-0.1, -0.05) is 43.3 Å². The maximum absolute atomic E-state index is 13.2. The minimum atomic E-state index is -1.12. The average Bonchev–Trinajstić information content (AvgIpc) is 3.05. The highest BCUT2D eigenvalue weighted by Gasteiger charge is 2.45. The van der Waals surface area contributed by atoms with Gasteiger partial charge in [0.15, 0.2) is 0 Å². The minimum absolute atomic E-state index is 0.0403. The molecule has 0 bridgehead atoms. The first-order chi connectivity index (χ1) is 14.8. The molecule has 0 radical (unpaired) electrons. The van der Waals surface area contributed by atoms with E-state index in [0.717, 1.165) is 21.0 Å². The van der Waals surface area contributed by atoms with Crippen molar-refractivity contribution in [3.8, 4) is 5.75 Å². The van der Waals surface area contributed by atoms with Gasteiger partial charge >= 0.3 is 0 Å². The van der Waals surface area contributed by atoms with E-state index in [9.17, 15) is 19.2 Å². The smallest absolute Gasteiger partial charge is 0.259 e. The Morgan fingerprint density at radius 3 is 2.52 bits per heavy atom. The van der Waals surface area contributed by atoms with Crippen LogP contribution in [0.1, 0.15) is 30.9 Å². The van der Waals surface area contributed by atoms with Crippen LogP contribution in [0.2, 0.25) is 0 Å². The molecular weight excluding hydrogens is 398 g/mol. The van der Waals surface area contributed by atoms with Crippen LogP contribution in [0.4, 0.5) is 5.69 Å². The molecule has 0 aliphatic carbocycles. The first-order valence-electron chi connectivity index (χ1n) is 10.0. The molecule has 1 aliphatic heterocycles. The number of nitrogens with one attached hydrogen (secondary N) is 1. The van der Waals surface area contributed by atoms with Gasteiger partial charge in [0.05, 0.1) is 25.6 Å². The first-order valence-corrected chi connectivity index (χ1v) is 10.0. The number of carbonyl (C=O) groups excluding carboxylic acids is 4. The number of ether oxygens (including phenoxy) is 1. The number of aryl methyl sites for hydroxylation is 1. The lowest BCUT2D eigenvalue weighted by Crippen LogP contribution is -2.54. The van der Waals surface area contributed by atoms with E-state index in [0.29, 0.717) is 11.4 Å². The number of imide groups is 1. The molecule has 4 amide bonds. The van der Waals surface area contributed by atoms with E-state index in [-0.39, 0.29) is 19.3 Å². The lowest BCUT2D eigenvalue weighted by molar-refractivity contribution is -0.147. The van der Waals surface area contributed by atoms with E-state index in [1.165, 1.54) is 7.11 Å². The first kappa shape index (κ1) is 22.0. The van der Waals surface area contributed by atoms with Gasteiger partial charge in [-0.3, -0.25) is 24.6 Å². The van der Waals surface area contributed by atoms with Crippen molar-refractivity contribution < 1.29 is 23.9 Å². The predicted octanol–water partition coefficient (Wildman–Crippen LogP) is 2.15. The third-order valence-electron chi connectivity index (χ3n) is 5.03. The zero-order valence-electron chi connectivity index (χ0n) is 17.8. The number of hydrogen-bond donors (Lipinski definition) is 1. The van der Waals surface area contributed by atoms with Gasteiger partial charge in [-0.2, -0.15) is 0 Å². The molecule has 3 rings (SSSR count). The van der Waals surface area contributed by atoms with Crippen molar-refractivity contribution >= 4 is 29.3 Å². The fourth-order valence-electron chi connectivity index (χ4n) is 3.49. The van der Waals surface area contributed by atoms with Crippen molar-refractivity contribution in [2.75, 3.05) is 12.0 Å². The van der Waals surface area contributed by atoms with Crippen LogP contribution in [0.3, 0.4) is 0 Å². The van der Waals surface area contributed by atoms with E-state index in [1.807, 2.05) is 31.2 Å². The SMILES string of the molecule is CCC(=O)N(NC(=O)Cc1ccccc1)C1CC(=O)N(c2cc(C)ccc2OC)C1=O. The molecule has 8 heteroatoms. The second kappa shape index (κ2) is 9.42. The van der Waals surface area contributed by atoms with Crippen LogP contribution in [0, 0.1) is 6.92 Å². The Hall–Kier alpha value is -3.68. The highest BCUT2D eigenvalue weighted by Crippen LogP contribution is 2.34. The molecule has 1 fully saturated rings. The number of carbonyl (C=O) groups is 4. The Kier molecular flexibility index (Phi) is 6.69. The molecule has 1 atom stereocenters. The number of methoxy groups -OCH3 is 1. The number of hydrogen-bond acceptors (Lipinski definition) is 5. The quantitative estimate of drug-likeness (QED) is 0.567. The molecule has 8 nitrogen and oxygen atoms in total. The van der Waals surface area contributed by atoms with Gasteiger partial charge in [-0.05, 0) is 30.2 Å². The lowest BCUT2D eigenvalue weighted by Gasteiger charge is -2.27. The van der Waals surface area contributed by atoms with Crippen LogP contribution in [0.25, 0.3) is 0 Å². The normalized spacial score (nSPS) is 15.7. The fraction of sp³-hybridized carbons (Fsp3) is 0.304. The van der Waals surface area contributed by atoms with Gasteiger partial charge in [0.25, 0.3) is 5.91 Å². The van der Waals surface area contributed by atoms with Gasteiger partial charge in [-0.25, -0.2) is 9.91 Å². The van der Waals surface area contributed by atoms with E-state index >= 15 is 0 Å². The van der Waals surface area contributed by atoms with Crippen LogP contribution in [-0.2, 0) is 25.6 Å². The number of hydrazine groups is 1. The molecule has 1 saturated heterocycles. The monoisotopic (exact) mass is 423 g/mol. The molecule has 162 valence electrons. The lowest BCUT2D eigenvalue weighted by atomic mass is 10.1. The summed E-state index contributed by atoms with van der Waals surface area (Å²) in [7, 11) is 1.45. The Balaban J connectivity index is 1.85. The maximum Gasteiger partial charge on any atom is 0.259 e. The van der Waals surface area contributed by atoms with Crippen molar-refractivity contribution in [1.82, 2.24) is 10.4 Å². The Morgan fingerprint density at radius 1 is 1.16 bits per heavy atom. The predicted molar refractivity (Wildman–Crippen MR) is 114 cm³/mol. The van der Waals surface area contributed by atoms with E-state index in [2.05, 4.69) is 5.43 Å². The number of amides is 4. The van der Waals surface area contributed by atoms with Gasteiger partial charge in [-0.15, -0.1) is 0 Å². The summed E-state index contributed by atoms with van der Waals surface area (Å²) >= 11 is 0. The Labute approximate surface area is 180 Å². The highest BCUT2D eigenvalue weighted by molar-refractivity contribution is 6.23. The maximum atomic E-state index is 13.2. The van der Waals surface area contributed by atoms with Crippen molar-refractivity contribution in [2.24, 2.45) is 0 Å². The Morgan fingerprint density at radius 2 is 1.87 bits per heavy atom. The topological polar surface area (TPSA) is 96.0 Å². The summed E-state index contributed by atoms with van der Waals surface area (Å²) < 4.78 is 5.31. The molecule has 31 heavy (non-hydrogen) atoms. The molecule has 1 unspecified atom stereocenters. The second-order valence-electron chi connectivity index (χ2n) is 7.28. The summed E-state index contributed by atoms with van der Waals surface area (Å²) in [5.41, 5.74) is 4.47. The van der Waals surface area contributed by atoms with Gasteiger partial charge in [0.2, 0.25) is 17.7 Å². The minimum Gasteiger partial charge on any atom is -0.495 e. The molecule has 2 aromatic rings. The number of anilines is 1. The van der Waals surface area contributed by atoms with Crippen LogP contribution in [0.15, 0.2) is 48.5 Å². The highest BCUT2D eigenvalue weighted by atomic mass is 16.5. The molecule has 0 aromatic heterocycles. The van der Waals surface area contributed by atoms with Crippen LogP contribution >= 0.6 is 0 Å². The average molecular weight is 423 g/mol. The van der Waals surface area contributed by atoms with E-state index < -0.39 is 29.7 Å². The van der Waals surface area contributed by atoms with Crippen LogP contribution in [-0.4, -0.2) is 41.8 Å². The van der Waals surface area contributed by atoms with Crippen LogP contribution in [0.5, 0.6) is 5.75 Å². The summed E-state index contributed by atoms with van der Waals surface area (Å²) in [5, 5.41) is 0.994. The standard InChI is InChI=1S/C23H25N3O5/c1-4-21(28)26(24-20(27)13-16-8-6-5-7-9-16)18-14-22(29)25(23(18)30)17-12-15(2)10-11-19(17)31-3/h5-12,18H,4,13-14H2,1-3H3,(H,24,27). The van der Waals surface area contributed by atoms with Crippen molar-refractivity contribution in [3.05, 3.63) is 59.7 Å². The molecule has 1 aliphatic rings. The number of rotatable bonds is 6.